The number of rotatable bonds is 4. The minimum atomic E-state index is -1.37. The molecule has 2 aromatic carbocycles. The van der Waals surface area contributed by atoms with Gasteiger partial charge in [-0.2, -0.15) is 5.10 Å². The first kappa shape index (κ1) is 18.3. The number of nitrogens with zero attached hydrogens (tertiary/aromatic N) is 2. The van der Waals surface area contributed by atoms with Crippen LogP contribution in [0.1, 0.15) is 16.1 Å². The number of benzene rings is 2. The zero-order chi connectivity index (χ0) is 18.1. The molecule has 3 rings (SSSR count). The number of halogens is 4. The van der Waals surface area contributed by atoms with Crippen LogP contribution < -0.4 is 5.11 Å². The average molecular weight is 460 g/mol. The summed E-state index contributed by atoms with van der Waals surface area (Å²) in [7, 11) is 0. The van der Waals surface area contributed by atoms with Gasteiger partial charge in [-0.15, -0.1) is 0 Å². The fraction of sp³-hybridized carbons (Fsp3) is 0.0588. The Balaban J connectivity index is 2.34. The maximum Gasteiger partial charge on any atom is 0.113 e. The van der Waals surface area contributed by atoms with Crippen molar-refractivity contribution in [3.05, 3.63) is 68.8 Å². The number of hydrogen-bond donors (Lipinski definition) is 0. The molecule has 0 atom stereocenters. The van der Waals surface area contributed by atoms with Gasteiger partial charge in [-0.3, -0.25) is 0 Å². The number of carbonyl (C=O) groups excluding carboxylic acids is 1. The topological polar surface area (TPSA) is 57.9 Å². The van der Waals surface area contributed by atoms with Crippen LogP contribution >= 0.6 is 50.7 Å². The Morgan fingerprint density at radius 1 is 1.08 bits per heavy atom. The Bertz CT molecular complexity index is 955. The van der Waals surface area contributed by atoms with Gasteiger partial charge in [-0.25, -0.2) is 4.68 Å². The summed E-state index contributed by atoms with van der Waals surface area (Å²) in [5.74, 6) is -1.37. The summed E-state index contributed by atoms with van der Waals surface area (Å²) in [6.07, 6.45) is 0. The van der Waals surface area contributed by atoms with E-state index in [-0.39, 0.29) is 11.0 Å². The lowest BCUT2D eigenvalue weighted by atomic mass is 10.1. The molecule has 25 heavy (non-hydrogen) atoms. The predicted molar refractivity (Wildman–Crippen MR) is 101 cm³/mol. The van der Waals surface area contributed by atoms with E-state index in [1.54, 1.807) is 42.5 Å². The fourth-order valence-corrected chi connectivity index (χ4v) is 3.62. The van der Waals surface area contributed by atoms with Crippen molar-refractivity contribution in [1.29, 1.82) is 0 Å². The highest BCUT2D eigenvalue weighted by atomic mass is 79.9. The van der Waals surface area contributed by atoms with Gasteiger partial charge in [0.2, 0.25) is 0 Å². The van der Waals surface area contributed by atoms with Crippen LogP contribution in [0, 0.1) is 0 Å². The van der Waals surface area contributed by atoms with Crippen molar-refractivity contribution in [3.63, 3.8) is 0 Å². The van der Waals surface area contributed by atoms with Gasteiger partial charge in [0.25, 0.3) is 0 Å². The smallest absolute Gasteiger partial charge is 0.113 e. The molecule has 1 heterocycles. The van der Waals surface area contributed by atoms with E-state index in [2.05, 4.69) is 21.0 Å². The molecule has 0 unspecified atom stereocenters. The van der Waals surface area contributed by atoms with Gasteiger partial charge < -0.3 is 9.90 Å². The maximum atomic E-state index is 11.5. The molecule has 0 saturated heterocycles. The molecule has 1 aromatic heterocycles. The highest BCUT2D eigenvalue weighted by Crippen LogP contribution is 2.34. The summed E-state index contributed by atoms with van der Waals surface area (Å²) < 4.78 is 1.48. The van der Waals surface area contributed by atoms with E-state index < -0.39 is 5.97 Å². The number of hydrogen-bond acceptors (Lipinski definition) is 3. The van der Waals surface area contributed by atoms with Crippen molar-refractivity contribution in [3.8, 4) is 16.9 Å². The normalized spacial score (nSPS) is 10.9. The second-order valence-corrected chi connectivity index (χ2v) is 6.95. The summed E-state index contributed by atoms with van der Waals surface area (Å²) in [5, 5.41) is 17.4. The Hall–Kier alpha value is -1.53. The van der Waals surface area contributed by atoms with Gasteiger partial charge in [0, 0.05) is 26.5 Å². The third-order valence-corrected chi connectivity index (χ3v) is 4.92. The van der Waals surface area contributed by atoms with Gasteiger partial charge in [0.15, 0.2) is 0 Å². The lowest BCUT2D eigenvalue weighted by molar-refractivity contribution is -0.255. The SMILES string of the molecule is O=C([O-])c1nn(-c2ccc(Cl)cc2Cl)c(-c2ccc(Cl)cc2)c1CBr. The third-order valence-electron chi connectivity index (χ3n) is 3.57. The molecule has 0 aliphatic heterocycles. The Morgan fingerprint density at radius 2 is 1.72 bits per heavy atom. The van der Waals surface area contributed by atoms with Crippen LogP contribution in [0.2, 0.25) is 15.1 Å². The monoisotopic (exact) mass is 457 g/mol. The van der Waals surface area contributed by atoms with Crippen molar-refractivity contribution < 1.29 is 9.90 Å². The molecule has 0 aliphatic carbocycles. The summed E-state index contributed by atoms with van der Waals surface area (Å²) >= 11 is 21.5. The second kappa shape index (κ2) is 7.38. The van der Waals surface area contributed by atoms with Crippen LogP contribution in [0.3, 0.4) is 0 Å². The summed E-state index contributed by atoms with van der Waals surface area (Å²) in [6.45, 7) is 0. The van der Waals surface area contributed by atoms with Gasteiger partial charge in [-0.1, -0.05) is 62.9 Å². The van der Waals surface area contributed by atoms with E-state index in [0.29, 0.717) is 32.0 Å². The summed E-state index contributed by atoms with van der Waals surface area (Å²) in [5.41, 5.74) is 2.15. The number of aromatic nitrogens is 2. The average Bonchev–Trinajstić information content (AvgIpc) is 2.95. The van der Waals surface area contributed by atoms with Crippen LogP contribution in [0.5, 0.6) is 0 Å². The number of aromatic carboxylic acids is 1. The molecular weight excluding hydrogens is 450 g/mol. The maximum absolute atomic E-state index is 11.5. The molecule has 8 heteroatoms. The van der Waals surface area contributed by atoms with Gasteiger partial charge in [0.05, 0.1) is 22.4 Å². The van der Waals surface area contributed by atoms with Crippen LogP contribution in [0.25, 0.3) is 16.9 Å². The lowest BCUT2D eigenvalue weighted by Crippen LogP contribution is -2.24. The van der Waals surface area contributed by atoms with E-state index in [9.17, 15) is 9.90 Å². The van der Waals surface area contributed by atoms with E-state index in [0.717, 1.165) is 5.56 Å². The molecule has 0 radical (unpaired) electrons. The molecule has 0 N–H and O–H groups in total. The quantitative estimate of drug-likeness (QED) is 0.529. The number of carboxylic acid groups (broad SMARTS) is 1. The predicted octanol–water partition coefficient (Wildman–Crippen LogP) is 4.76. The molecule has 0 saturated carbocycles. The van der Waals surface area contributed by atoms with Crippen molar-refractivity contribution in [1.82, 2.24) is 9.78 Å². The van der Waals surface area contributed by atoms with Gasteiger partial charge in [-0.05, 0) is 30.3 Å². The summed E-state index contributed by atoms with van der Waals surface area (Å²) in [6, 6.07) is 11.9. The number of carbonyl (C=O) groups is 1. The molecule has 0 amide bonds. The Labute approximate surface area is 167 Å². The third kappa shape index (κ3) is 3.55. The van der Waals surface area contributed by atoms with Crippen LogP contribution in [-0.2, 0) is 5.33 Å². The molecule has 3 aromatic rings. The number of alkyl halides is 1. The first-order chi connectivity index (χ1) is 11.9. The Kier molecular flexibility index (Phi) is 5.39. The van der Waals surface area contributed by atoms with Crippen molar-refractivity contribution in [2.75, 3.05) is 0 Å². The van der Waals surface area contributed by atoms with Gasteiger partial charge in [0.1, 0.15) is 5.69 Å². The van der Waals surface area contributed by atoms with E-state index in [4.69, 9.17) is 34.8 Å². The van der Waals surface area contributed by atoms with Crippen molar-refractivity contribution >= 4 is 56.7 Å². The minimum Gasteiger partial charge on any atom is -0.543 e. The second-order valence-electron chi connectivity index (χ2n) is 5.11. The standard InChI is InChI=1S/C17H10BrCl3N2O2/c18-8-12-15(17(24)25)22-23(14-6-5-11(20)7-13(14)21)16(12)9-1-3-10(19)4-2-9/h1-7H,8H2,(H,24,25)/p-1. The molecule has 0 bridgehead atoms. The lowest BCUT2D eigenvalue weighted by Gasteiger charge is -2.11. The summed E-state index contributed by atoms with van der Waals surface area (Å²) in [4.78, 5) is 11.5. The van der Waals surface area contributed by atoms with Crippen LogP contribution in [0.4, 0.5) is 0 Å². The molecule has 128 valence electrons. The van der Waals surface area contributed by atoms with Gasteiger partial charge >= 0.3 is 0 Å². The largest absolute Gasteiger partial charge is 0.543 e. The van der Waals surface area contributed by atoms with Crippen LogP contribution in [-0.4, -0.2) is 15.7 Å². The van der Waals surface area contributed by atoms with Crippen molar-refractivity contribution in [2.45, 2.75) is 5.33 Å². The first-order valence-corrected chi connectivity index (χ1v) is 9.28. The zero-order valence-corrected chi connectivity index (χ0v) is 16.3. The van der Waals surface area contributed by atoms with E-state index in [1.807, 2.05) is 0 Å². The highest BCUT2D eigenvalue weighted by molar-refractivity contribution is 9.08. The fourth-order valence-electron chi connectivity index (χ4n) is 2.47. The zero-order valence-electron chi connectivity index (χ0n) is 12.5. The van der Waals surface area contributed by atoms with E-state index >= 15 is 0 Å². The molecule has 4 nitrogen and oxygen atoms in total. The Morgan fingerprint density at radius 3 is 2.28 bits per heavy atom. The highest BCUT2D eigenvalue weighted by Gasteiger charge is 2.21. The van der Waals surface area contributed by atoms with E-state index in [1.165, 1.54) is 4.68 Å². The van der Waals surface area contributed by atoms with Crippen molar-refractivity contribution in [2.24, 2.45) is 0 Å². The molecular formula is C17H9BrCl3N2O2-. The number of carboxylic acids is 1. The molecule has 0 spiro atoms. The molecule has 0 fully saturated rings. The first-order valence-electron chi connectivity index (χ1n) is 7.03. The minimum absolute atomic E-state index is 0.159. The molecule has 0 aliphatic rings. The van der Waals surface area contributed by atoms with Crippen LogP contribution in [0.15, 0.2) is 42.5 Å².